The van der Waals surface area contributed by atoms with E-state index >= 15 is 0 Å². The van der Waals surface area contributed by atoms with Gasteiger partial charge in [-0.3, -0.25) is 10.1 Å². The van der Waals surface area contributed by atoms with E-state index in [1.807, 2.05) is 0 Å². The van der Waals surface area contributed by atoms with Gasteiger partial charge < -0.3 is 5.11 Å². The molecule has 0 aromatic heterocycles. The van der Waals surface area contributed by atoms with Crippen molar-refractivity contribution < 1.29 is 18.4 Å². The average Bonchev–Trinajstić information content (AvgIpc) is 3.18. The second kappa shape index (κ2) is 4.64. The summed E-state index contributed by atoms with van der Waals surface area (Å²) in [5.74, 6) is 0.143. The van der Waals surface area contributed by atoms with Crippen LogP contribution < -0.4 is 0 Å². The van der Waals surface area contributed by atoms with Crippen LogP contribution in [0, 0.1) is 16.0 Å². The Morgan fingerprint density at radius 1 is 1.38 bits per heavy atom. The van der Waals surface area contributed by atoms with Crippen molar-refractivity contribution in [3.8, 4) is 0 Å². The fraction of sp³-hybridized carbons (Fsp3) is 0.500. The lowest BCUT2D eigenvalue weighted by Crippen LogP contribution is -2.64. The molecule has 1 N–H and O–H groups in total. The Labute approximate surface area is 126 Å². The molecule has 0 radical (unpaired) electrons. The zero-order valence-electron chi connectivity index (χ0n) is 10.9. The zero-order valence-corrected chi connectivity index (χ0v) is 12.5. The number of nitrogens with zero attached hydrogens (tertiary/aromatic N) is 2. The van der Waals surface area contributed by atoms with Crippen LogP contribution in [0.25, 0.3) is 0 Å². The molecule has 21 heavy (non-hydrogen) atoms. The average molecular weight is 333 g/mol. The van der Waals surface area contributed by atoms with Crippen LogP contribution >= 0.6 is 11.6 Å². The minimum atomic E-state index is -4.00. The van der Waals surface area contributed by atoms with Gasteiger partial charge >= 0.3 is 0 Å². The molecule has 3 rings (SSSR count). The molecule has 1 saturated heterocycles. The van der Waals surface area contributed by atoms with E-state index < -0.39 is 31.1 Å². The normalized spacial score (nSPS) is 21.8. The van der Waals surface area contributed by atoms with Crippen molar-refractivity contribution in [2.24, 2.45) is 5.92 Å². The minimum Gasteiger partial charge on any atom is -0.387 e. The van der Waals surface area contributed by atoms with E-state index in [0.29, 0.717) is 0 Å². The van der Waals surface area contributed by atoms with Crippen molar-refractivity contribution in [3.63, 3.8) is 0 Å². The summed E-state index contributed by atoms with van der Waals surface area (Å²) < 4.78 is 26.0. The summed E-state index contributed by atoms with van der Waals surface area (Å²) in [6.45, 7) is -0.0282. The summed E-state index contributed by atoms with van der Waals surface area (Å²) in [5.41, 5.74) is -1.53. The predicted octanol–water partition coefficient (Wildman–Crippen LogP) is 1.39. The molecule has 114 valence electrons. The van der Waals surface area contributed by atoms with Gasteiger partial charge in [0.15, 0.2) is 4.90 Å². The Kier molecular flexibility index (Phi) is 3.25. The number of hydrogen-bond acceptors (Lipinski definition) is 5. The van der Waals surface area contributed by atoms with E-state index in [2.05, 4.69) is 0 Å². The third kappa shape index (κ3) is 2.42. The van der Waals surface area contributed by atoms with Gasteiger partial charge in [-0.2, -0.15) is 4.31 Å². The van der Waals surface area contributed by atoms with E-state index in [4.69, 9.17) is 11.6 Å². The van der Waals surface area contributed by atoms with Gasteiger partial charge in [0.25, 0.3) is 5.69 Å². The molecule has 2 aliphatic rings. The van der Waals surface area contributed by atoms with Crippen LogP contribution in [0.15, 0.2) is 23.1 Å². The van der Waals surface area contributed by atoms with Gasteiger partial charge in [0.05, 0.1) is 10.5 Å². The molecule has 7 nitrogen and oxygen atoms in total. The number of nitro benzene ring substituents is 1. The van der Waals surface area contributed by atoms with E-state index in [-0.39, 0.29) is 24.0 Å². The molecule has 1 aromatic carbocycles. The summed E-state index contributed by atoms with van der Waals surface area (Å²) in [5, 5.41) is 21.3. The van der Waals surface area contributed by atoms with Gasteiger partial charge in [-0.15, -0.1) is 0 Å². The Balaban J connectivity index is 1.91. The number of halogens is 1. The maximum atomic E-state index is 12.4. The molecule has 0 atom stereocenters. The fourth-order valence-corrected chi connectivity index (χ4v) is 4.47. The molecule has 2 fully saturated rings. The molecular formula is C12H13ClN2O5S. The molecule has 1 heterocycles. The van der Waals surface area contributed by atoms with Gasteiger partial charge in [0, 0.05) is 24.2 Å². The molecular weight excluding hydrogens is 320 g/mol. The lowest BCUT2D eigenvalue weighted by atomic mass is 9.91. The van der Waals surface area contributed by atoms with Crippen LogP contribution in [0.1, 0.15) is 12.8 Å². The van der Waals surface area contributed by atoms with Gasteiger partial charge in [-0.05, 0) is 30.9 Å². The number of β-amino-alcohol motifs (C(OH)–C–C–N with tert-alkyl or cyclic N) is 1. The summed E-state index contributed by atoms with van der Waals surface area (Å²) in [4.78, 5) is 9.84. The number of nitro groups is 1. The van der Waals surface area contributed by atoms with Crippen LogP contribution in [-0.2, 0) is 10.0 Å². The Hall–Kier alpha value is -1.22. The topological polar surface area (TPSA) is 101 Å². The highest BCUT2D eigenvalue weighted by Crippen LogP contribution is 2.46. The Morgan fingerprint density at radius 2 is 2.00 bits per heavy atom. The highest BCUT2D eigenvalue weighted by Gasteiger charge is 2.55. The molecule has 1 aliphatic carbocycles. The standard InChI is InChI=1S/C12H13ClN2O5S/c13-9-3-4-11(10(5-9)15(17)18)21(19,20)14-6-12(16,7-14)8-1-2-8/h3-5,8,16H,1-2,6-7H2. The van der Waals surface area contributed by atoms with E-state index in [1.165, 1.54) is 6.07 Å². The van der Waals surface area contributed by atoms with Crippen LogP contribution in [0.4, 0.5) is 5.69 Å². The van der Waals surface area contributed by atoms with Crippen molar-refractivity contribution in [2.45, 2.75) is 23.3 Å². The molecule has 1 saturated carbocycles. The second-order valence-corrected chi connectivity index (χ2v) is 7.86. The first-order valence-corrected chi connectivity index (χ1v) is 8.22. The third-order valence-electron chi connectivity index (χ3n) is 3.97. The molecule has 0 bridgehead atoms. The quantitative estimate of drug-likeness (QED) is 0.663. The van der Waals surface area contributed by atoms with E-state index in [1.54, 1.807) is 0 Å². The largest absolute Gasteiger partial charge is 0.387 e. The third-order valence-corrected chi connectivity index (χ3v) is 6.05. The first-order valence-electron chi connectivity index (χ1n) is 6.40. The van der Waals surface area contributed by atoms with Gasteiger partial charge in [0.2, 0.25) is 10.0 Å². The highest BCUT2D eigenvalue weighted by atomic mass is 35.5. The summed E-state index contributed by atoms with van der Waals surface area (Å²) in [6, 6.07) is 3.44. The SMILES string of the molecule is O=[N+]([O-])c1cc(Cl)ccc1S(=O)(=O)N1CC(O)(C2CC2)C1. The van der Waals surface area contributed by atoms with Crippen molar-refractivity contribution in [3.05, 3.63) is 33.3 Å². The van der Waals surface area contributed by atoms with Crippen molar-refractivity contribution in [1.29, 1.82) is 0 Å². The maximum absolute atomic E-state index is 12.4. The van der Waals surface area contributed by atoms with Crippen molar-refractivity contribution in [1.82, 2.24) is 4.31 Å². The molecule has 0 unspecified atom stereocenters. The summed E-state index contributed by atoms with van der Waals surface area (Å²) >= 11 is 5.68. The molecule has 1 aromatic rings. The molecule has 1 aliphatic heterocycles. The van der Waals surface area contributed by atoms with E-state index in [0.717, 1.165) is 29.3 Å². The molecule has 0 spiro atoms. The van der Waals surface area contributed by atoms with Crippen molar-refractivity contribution >= 4 is 27.3 Å². The number of aliphatic hydroxyl groups is 1. The first kappa shape index (κ1) is 14.7. The van der Waals surface area contributed by atoms with Gasteiger partial charge in [-0.25, -0.2) is 8.42 Å². The second-order valence-electron chi connectivity index (χ2n) is 5.52. The summed E-state index contributed by atoms with van der Waals surface area (Å²) in [7, 11) is -4.00. The molecule has 0 amide bonds. The number of rotatable bonds is 4. The minimum absolute atomic E-state index is 0.0141. The first-order chi connectivity index (χ1) is 9.74. The van der Waals surface area contributed by atoms with E-state index in [9.17, 15) is 23.6 Å². The fourth-order valence-electron chi connectivity index (χ4n) is 2.60. The van der Waals surface area contributed by atoms with Crippen LogP contribution in [0.5, 0.6) is 0 Å². The van der Waals surface area contributed by atoms with Crippen LogP contribution in [-0.4, -0.2) is 41.4 Å². The number of benzene rings is 1. The zero-order chi connectivity index (χ0) is 15.4. The van der Waals surface area contributed by atoms with Crippen LogP contribution in [0.3, 0.4) is 0 Å². The Morgan fingerprint density at radius 3 is 2.52 bits per heavy atom. The smallest absolute Gasteiger partial charge is 0.290 e. The summed E-state index contributed by atoms with van der Waals surface area (Å²) in [6.07, 6.45) is 1.79. The lowest BCUT2D eigenvalue weighted by molar-refractivity contribution is -0.387. The van der Waals surface area contributed by atoms with Crippen LogP contribution in [0.2, 0.25) is 5.02 Å². The molecule has 9 heteroatoms. The van der Waals surface area contributed by atoms with Gasteiger partial charge in [-0.1, -0.05) is 11.6 Å². The predicted molar refractivity (Wildman–Crippen MR) is 74.5 cm³/mol. The van der Waals surface area contributed by atoms with Gasteiger partial charge in [0.1, 0.15) is 0 Å². The highest BCUT2D eigenvalue weighted by molar-refractivity contribution is 7.89. The maximum Gasteiger partial charge on any atom is 0.290 e. The Bertz CT molecular complexity index is 710. The monoisotopic (exact) mass is 332 g/mol. The number of hydrogen-bond donors (Lipinski definition) is 1. The number of sulfonamides is 1. The van der Waals surface area contributed by atoms with Crippen molar-refractivity contribution in [2.75, 3.05) is 13.1 Å². The lowest BCUT2D eigenvalue weighted by Gasteiger charge is -2.45.